The van der Waals surface area contributed by atoms with Crippen LogP contribution in [0.4, 0.5) is 0 Å². The summed E-state index contributed by atoms with van der Waals surface area (Å²) in [7, 11) is -2.91. The molecule has 1 aromatic carbocycles. The van der Waals surface area contributed by atoms with Crippen molar-refractivity contribution in [1.29, 1.82) is 0 Å². The van der Waals surface area contributed by atoms with Crippen LogP contribution in [-0.2, 0) is 14.6 Å². The fourth-order valence-electron chi connectivity index (χ4n) is 2.22. The molecule has 0 radical (unpaired) electrons. The molecule has 1 heterocycles. The van der Waals surface area contributed by atoms with E-state index in [4.69, 9.17) is 16.3 Å². The van der Waals surface area contributed by atoms with E-state index >= 15 is 0 Å². The SMILES string of the molecule is C[C@@H](Oc1cccc(Cl)c1)C(=O)NC[C@H]1CCS(=O)(=O)C1. The van der Waals surface area contributed by atoms with E-state index in [0.29, 0.717) is 23.7 Å². The van der Waals surface area contributed by atoms with E-state index in [1.54, 1.807) is 31.2 Å². The Kier molecular flexibility index (Phi) is 5.11. The highest BCUT2D eigenvalue weighted by molar-refractivity contribution is 7.91. The molecule has 0 aliphatic carbocycles. The lowest BCUT2D eigenvalue weighted by atomic mass is 10.1. The first-order valence-electron chi connectivity index (χ1n) is 6.76. The fourth-order valence-corrected chi connectivity index (χ4v) is 4.26. The summed E-state index contributed by atoms with van der Waals surface area (Å²) in [6, 6.07) is 6.82. The number of rotatable bonds is 5. The van der Waals surface area contributed by atoms with Crippen molar-refractivity contribution in [3.63, 3.8) is 0 Å². The van der Waals surface area contributed by atoms with Gasteiger partial charge in [-0.15, -0.1) is 0 Å². The highest BCUT2D eigenvalue weighted by Crippen LogP contribution is 2.19. The average Bonchev–Trinajstić information content (AvgIpc) is 2.75. The van der Waals surface area contributed by atoms with Gasteiger partial charge in [-0.2, -0.15) is 0 Å². The van der Waals surface area contributed by atoms with E-state index in [2.05, 4.69) is 5.32 Å². The van der Waals surface area contributed by atoms with Gasteiger partial charge in [0.05, 0.1) is 11.5 Å². The van der Waals surface area contributed by atoms with Crippen LogP contribution in [0.2, 0.25) is 5.02 Å². The third kappa shape index (κ3) is 4.89. The van der Waals surface area contributed by atoms with Crippen LogP contribution in [0.15, 0.2) is 24.3 Å². The molecule has 0 bridgehead atoms. The molecule has 7 heteroatoms. The summed E-state index contributed by atoms with van der Waals surface area (Å²) >= 11 is 5.84. The average molecular weight is 332 g/mol. The molecule has 0 aromatic heterocycles. The van der Waals surface area contributed by atoms with E-state index < -0.39 is 15.9 Å². The van der Waals surface area contributed by atoms with Crippen LogP contribution < -0.4 is 10.1 Å². The summed E-state index contributed by atoms with van der Waals surface area (Å²) in [5.74, 6) is 0.615. The molecule has 5 nitrogen and oxygen atoms in total. The van der Waals surface area contributed by atoms with Gasteiger partial charge < -0.3 is 10.1 Å². The number of hydrogen-bond acceptors (Lipinski definition) is 4. The second-order valence-electron chi connectivity index (χ2n) is 5.23. The molecule has 2 rings (SSSR count). The Morgan fingerprint density at radius 2 is 2.29 bits per heavy atom. The van der Waals surface area contributed by atoms with Crippen molar-refractivity contribution in [2.24, 2.45) is 5.92 Å². The Morgan fingerprint density at radius 3 is 2.90 bits per heavy atom. The Hall–Kier alpha value is -1.27. The minimum Gasteiger partial charge on any atom is -0.481 e. The fraction of sp³-hybridized carbons (Fsp3) is 0.500. The summed E-state index contributed by atoms with van der Waals surface area (Å²) in [5.41, 5.74) is 0. The lowest BCUT2D eigenvalue weighted by molar-refractivity contribution is -0.127. The van der Waals surface area contributed by atoms with Crippen LogP contribution in [0.25, 0.3) is 0 Å². The highest BCUT2D eigenvalue weighted by atomic mass is 35.5. The highest BCUT2D eigenvalue weighted by Gasteiger charge is 2.28. The van der Waals surface area contributed by atoms with Gasteiger partial charge >= 0.3 is 0 Å². The van der Waals surface area contributed by atoms with Crippen molar-refractivity contribution in [2.45, 2.75) is 19.4 Å². The summed E-state index contributed by atoms with van der Waals surface area (Å²) in [5, 5.41) is 3.27. The van der Waals surface area contributed by atoms with Crippen molar-refractivity contribution in [3.05, 3.63) is 29.3 Å². The van der Waals surface area contributed by atoms with Crippen molar-refractivity contribution in [2.75, 3.05) is 18.1 Å². The third-order valence-electron chi connectivity index (χ3n) is 3.37. The predicted octanol–water partition coefficient (Wildman–Crippen LogP) is 1.66. The van der Waals surface area contributed by atoms with Crippen molar-refractivity contribution < 1.29 is 17.9 Å². The number of benzene rings is 1. The summed E-state index contributed by atoms with van der Waals surface area (Å²) < 4.78 is 28.2. The molecule has 21 heavy (non-hydrogen) atoms. The zero-order valence-corrected chi connectivity index (χ0v) is 13.3. The van der Waals surface area contributed by atoms with Crippen LogP contribution in [0.3, 0.4) is 0 Å². The van der Waals surface area contributed by atoms with Gasteiger partial charge in [0.1, 0.15) is 5.75 Å². The molecule has 1 aliphatic rings. The third-order valence-corrected chi connectivity index (χ3v) is 5.44. The van der Waals surface area contributed by atoms with Crippen LogP contribution >= 0.6 is 11.6 Å². The van der Waals surface area contributed by atoms with Crippen LogP contribution in [0, 0.1) is 5.92 Å². The van der Waals surface area contributed by atoms with Gasteiger partial charge in [0, 0.05) is 11.6 Å². The van der Waals surface area contributed by atoms with Gasteiger partial charge in [-0.25, -0.2) is 8.42 Å². The normalized spacial score (nSPS) is 21.7. The van der Waals surface area contributed by atoms with Crippen LogP contribution in [0.5, 0.6) is 5.75 Å². The molecular weight excluding hydrogens is 314 g/mol. The molecule has 0 unspecified atom stereocenters. The largest absolute Gasteiger partial charge is 0.481 e. The molecule has 0 spiro atoms. The Morgan fingerprint density at radius 1 is 1.52 bits per heavy atom. The van der Waals surface area contributed by atoms with Gasteiger partial charge in [-0.3, -0.25) is 4.79 Å². The zero-order valence-electron chi connectivity index (χ0n) is 11.7. The number of amides is 1. The molecule has 1 aromatic rings. The lowest BCUT2D eigenvalue weighted by Crippen LogP contribution is -2.39. The molecular formula is C14H18ClNO4S. The Labute approximate surface area is 129 Å². The molecule has 1 saturated heterocycles. The van der Waals surface area contributed by atoms with Gasteiger partial charge in [-0.1, -0.05) is 17.7 Å². The Bertz CT molecular complexity index is 617. The first-order valence-corrected chi connectivity index (χ1v) is 8.96. The second kappa shape index (κ2) is 6.66. The molecule has 2 atom stereocenters. The number of hydrogen-bond donors (Lipinski definition) is 1. The van der Waals surface area contributed by atoms with Gasteiger partial charge in [0.2, 0.25) is 0 Å². The summed E-state index contributed by atoms with van der Waals surface area (Å²) in [4.78, 5) is 11.9. The summed E-state index contributed by atoms with van der Waals surface area (Å²) in [6.07, 6.45) is -0.0620. The van der Waals surface area contributed by atoms with Crippen molar-refractivity contribution in [3.8, 4) is 5.75 Å². The van der Waals surface area contributed by atoms with Crippen LogP contribution in [-0.4, -0.2) is 38.5 Å². The van der Waals surface area contributed by atoms with Crippen molar-refractivity contribution in [1.82, 2.24) is 5.32 Å². The minimum atomic E-state index is -2.91. The predicted molar refractivity (Wildman–Crippen MR) is 81.3 cm³/mol. The van der Waals surface area contributed by atoms with E-state index in [-0.39, 0.29) is 23.3 Å². The number of ether oxygens (including phenoxy) is 1. The standard InChI is InChI=1S/C14H18ClNO4S/c1-10(20-13-4-2-3-12(15)7-13)14(17)16-8-11-5-6-21(18,19)9-11/h2-4,7,10-11H,5-6,8-9H2,1H3,(H,16,17)/t10-,11-/m1/s1. The topological polar surface area (TPSA) is 72.5 Å². The maximum absolute atomic E-state index is 11.9. The molecule has 1 amide bonds. The monoisotopic (exact) mass is 331 g/mol. The van der Waals surface area contributed by atoms with E-state index in [1.165, 1.54) is 0 Å². The van der Waals surface area contributed by atoms with E-state index in [9.17, 15) is 13.2 Å². The molecule has 0 saturated carbocycles. The van der Waals surface area contributed by atoms with Gasteiger partial charge in [0.15, 0.2) is 15.9 Å². The maximum atomic E-state index is 11.9. The number of sulfone groups is 1. The zero-order chi connectivity index (χ0) is 15.5. The quantitative estimate of drug-likeness (QED) is 0.890. The number of carbonyl (C=O) groups excluding carboxylic acids is 1. The molecule has 1 N–H and O–H groups in total. The van der Waals surface area contributed by atoms with Crippen molar-refractivity contribution >= 4 is 27.3 Å². The summed E-state index contributed by atoms with van der Waals surface area (Å²) in [6.45, 7) is 2.00. The maximum Gasteiger partial charge on any atom is 0.260 e. The minimum absolute atomic E-state index is 0.00248. The van der Waals surface area contributed by atoms with E-state index in [1.807, 2.05) is 0 Å². The van der Waals surface area contributed by atoms with Gasteiger partial charge in [-0.05, 0) is 37.5 Å². The first-order chi connectivity index (χ1) is 9.85. The smallest absolute Gasteiger partial charge is 0.260 e. The van der Waals surface area contributed by atoms with E-state index in [0.717, 1.165) is 0 Å². The number of carbonyl (C=O) groups is 1. The molecule has 116 valence electrons. The first kappa shape index (κ1) is 16.1. The number of halogens is 1. The Balaban J connectivity index is 1.80. The second-order valence-corrected chi connectivity index (χ2v) is 7.90. The molecule has 1 fully saturated rings. The molecule has 1 aliphatic heterocycles. The van der Waals surface area contributed by atoms with Gasteiger partial charge in [0.25, 0.3) is 5.91 Å². The van der Waals surface area contributed by atoms with Crippen LogP contribution in [0.1, 0.15) is 13.3 Å². The number of nitrogens with one attached hydrogen (secondary N) is 1. The lowest BCUT2D eigenvalue weighted by Gasteiger charge is -2.16.